The second kappa shape index (κ2) is 6.33. The highest BCUT2D eigenvalue weighted by atomic mass is 16.5. The highest BCUT2D eigenvalue weighted by Gasteiger charge is 2.29. The molecule has 0 aliphatic heterocycles. The van der Waals surface area contributed by atoms with E-state index in [0.29, 0.717) is 12.8 Å². The first-order valence-corrected chi connectivity index (χ1v) is 5.93. The van der Waals surface area contributed by atoms with Gasteiger partial charge < -0.3 is 19.9 Å². The zero-order valence-electron chi connectivity index (χ0n) is 11.6. The molecule has 106 valence electrons. The van der Waals surface area contributed by atoms with Gasteiger partial charge in [-0.1, -0.05) is 13.3 Å². The number of carbonyl (C=O) groups excluding carboxylic acids is 1. The summed E-state index contributed by atoms with van der Waals surface area (Å²) in [7, 11) is 2.86. The average molecular weight is 269 g/mol. The third-order valence-corrected chi connectivity index (χ3v) is 2.54. The lowest BCUT2D eigenvalue weighted by Gasteiger charge is -2.21. The summed E-state index contributed by atoms with van der Waals surface area (Å²) in [5.41, 5.74) is -1.44. The number of aliphatic hydroxyl groups is 1. The van der Waals surface area contributed by atoms with Crippen LogP contribution in [0.15, 0.2) is 6.07 Å². The minimum absolute atomic E-state index is 0.0739. The highest BCUT2D eigenvalue weighted by molar-refractivity contribution is 5.96. The minimum atomic E-state index is -1.44. The molecular formula is C12H19N3O4. The van der Waals surface area contributed by atoms with Crippen molar-refractivity contribution < 1.29 is 19.4 Å². The molecule has 1 rings (SSSR count). The fraction of sp³-hybridized carbons (Fsp3) is 0.583. The molecule has 7 nitrogen and oxygen atoms in total. The fourth-order valence-corrected chi connectivity index (χ4v) is 1.52. The Balaban J connectivity index is 2.90. The zero-order valence-corrected chi connectivity index (χ0v) is 11.6. The summed E-state index contributed by atoms with van der Waals surface area (Å²) in [6.07, 6.45) is 1.05. The van der Waals surface area contributed by atoms with Gasteiger partial charge in [-0.3, -0.25) is 4.79 Å². The molecule has 0 fully saturated rings. The monoisotopic (exact) mass is 269 g/mol. The minimum Gasteiger partial charge on any atom is -0.481 e. The van der Waals surface area contributed by atoms with Crippen molar-refractivity contribution in [3.63, 3.8) is 0 Å². The number of anilines is 1. The van der Waals surface area contributed by atoms with Gasteiger partial charge in [0.1, 0.15) is 11.4 Å². The summed E-state index contributed by atoms with van der Waals surface area (Å²) in [5, 5.41) is 12.5. The Hall–Kier alpha value is -1.89. The lowest BCUT2D eigenvalue weighted by Crippen LogP contribution is -2.40. The van der Waals surface area contributed by atoms with Crippen LogP contribution in [0.2, 0.25) is 0 Å². The molecule has 2 N–H and O–H groups in total. The molecule has 1 atom stereocenters. The summed E-state index contributed by atoms with van der Waals surface area (Å²) >= 11 is 0. The van der Waals surface area contributed by atoms with Gasteiger partial charge in [0.25, 0.3) is 5.91 Å². The molecule has 0 aliphatic rings. The first kappa shape index (κ1) is 15.2. The number of ether oxygens (including phenoxy) is 2. The van der Waals surface area contributed by atoms with Crippen LogP contribution in [-0.4, -0.2) is 40.8 Å². The standard InChI is InChI=1S/C12H19N3O4/c1-5-6-12(2,17)10(16)13-8-7-9(18-3)15-11(14-8)19-4/h7,17H,5-6H2,1-4H3,(H,13,14,15,16). The van der Waals surface area contributed by atoms with Gasteiger partial charge in [-0.15, -0.1) is 0 Å². The van der Waals surface area contributed by atoms with Gasteiger partial charge >= 0.3 is 6.01 Å². The first-order chi connectivity index (χ1) is 8.92. The molecule has 0 spiro atoms. The van der Waals surface area contributed by atoms with Crippen LogP contribution in [0, 0.1) is 0 Å². The van der Waals surface area contributed by atoms with Crippen molar-refractivity contribution in [1.29, 1.82) is 0 Å². The Labute approximate surface area is 112 Å². The van der Waals surface area contributed by atoms with E-state index < -0.39 is 11.5 Å². The number of amides is 1. The first-order valence-electron chi connectivity index (χ1n) is 5.93. The second-order valence-electron chi connectivity index (χ2n) is 4.26. The van der Waals surface area contributed by atoms with E-state index in [1.54, 1.807) is 0 Å². The van der Waals surface area contributed by atoms with E-state index in [0.717, 1.165) is 0 Å². The number of methoxy groups -OCH3 is 2. The molecule has 1 unspecified atom stereocenters. The average Bonchev–Trinajstić information content (AvgIpc) is 2.38. The van der Waals surface area contributed by atoms with Gasteiger partial charge in [0.05, 0.1) is 14.2 Å². The maximum atomic E-state index is 11.9. The van der Waals surface area contributed by atoms with E-state index in [-0.39, 0.29) is 17.7 Å². The number of carbonyl (C=O) groups is 1. The molecule has 0 aromatic carbocycles. The van der Waals surface area contributed by atoms with E-state index in [9.17, 15) is 9.90 Å². The lowest BCUT2D eigenvalue weighted by molar-refractivity contribution is -0.133. The molecule has 0 radical (unpaired) electrons. The van der Waals surface area contributed by atoms with Crippen molar-refractivity contribution >= 4 is 11.7 Å². The van der Waals surface area contributed by atoms with Crippen LogP contribution in [0.1, 0.15) is 26.7 Å². The molecule has 0 saturated heterocycles. The smallest absolute Gasteiger partial charge is 0.321 e. The van der Waals surface area contributed by atoms with Gasteiger partial charge in [-0.2, -0.15) is 9.97 Å². The molecule has 0 aliphatic carbocycles. The van der Waals surface area contributed by atoms with Gasteiger partial charge in [-0.25, -0.2) is 0 Å². The van der Waals surface area contributed by atoms with E-state index >= 15 is 0 Å². The third-order valence-electron chi connectivity index (χ3n) is 2.54. The molecular weight excluding hydrogens is 250 g/mol. The molecule has 7 heteroatoms. The van der Waals surface area contributed by atoms with E-state index in [1.807, 2.05) is 6.92 Å². The molecule has 0 saturated carbocycles. The molecule has 1 aromatic rings. The van der Waals surface area contributed by atoms with Crippen LogP contribution < -0.4 is 14.8 Å². The molecule has 1 amide bonds. The Morgan fingerprint density at radius 2 is 2.11 bits per heavy atom. The van der Waals surface area contributed by atoms with Crippen molar-refractivity contribution in [2.45, 2.75) is 32.3 Å². The van der Waals surface area contributed by atoms with Gasteiger partial charge in [0.2, 0.25) is 5.88 Å². The topological polar surface area (TPSA) is 93.6 Å². The number of nitrogens with one attached hydrogen (secondary N) is 1. The maximum Gasteiger partial charge on any atom is 0.321 e. The predicted molar refractivity (Wildman–Crippen MR) is 69.3 cm³/mol. The molecule has 19 heavy (non-hydrogen) atoms. The Bertz CT molecular complexity index is 426. The Morgan fingerprint density at radius 3 is 2.63 bits per heavy atom. The van der Waals surface area contributed by atoms with Crippen molar-refractivity contribution in [3.05, 3.63) is 6.07 Å². The van der Waals surface area contributed by atoms with Crippen LogP contribution in [0.4, 0.5) is 5.82 Å². The van der Waals surface area contributed by atoms with E-state index in [2.05, 4.69) is 15.3 Å². The van der Waals surface area contributed by atoms with Crippen molar-refractivity contribution in [1.82, 2.24) is 9.97 Å². The van der Waals surface area contributed by atoms with E-state index in [1.165, 1.54) is 27.2 Å². The number of nitrogens with zero attached hydrogens (tertiary/aromatic N) is 2. The summed E-state index contributed by atoms with van der Waals surface area (Å²) in [6, 6.07) is 1.52. The Morgan fingerprint density at radius 1 is 1.42 bits per heavy atom. The van der Waals surface area contributed by atoms with Crippen LogP contribution >= 0.6 is 0 Å². The van der Waals surface area contributed by atoms with Gasteiger partial charge in [0, 0.05) is 6.07 Å². The third kappa shape index (κ3) is 4.06. The van der Waals surface area contributed by atoms with Crippen molar-refractivity contribution in [2.75, 3.05) is 19.5 Å². The van der Waals surface area contributed by atoms with Crippen LogP contribution in [0.5, 0.6) is 11.9 Å². The zero-order chi connectivity index (χ0) is 14.5. The number of hydrogen-bond donors (Lipinski definition) is 2. The number of hydrogen-bond acceptors (Lipinski definition) is 6. The summed E-state index contributed by atoms with van der Waals surface area (Å²) < 4.78 is 9.86. The maximum absolute atomic E-state index is 11.9. The quantitative estimate of drug-likeness (QED) is 0.799. The van der Waals surface area contributed by atoms with E-state index in [4.69, 9.17) is 9.47 Å². The van der Waals surface area contributed by atoms with Gasteiger partial charge in [-0.05, 0) is 13.3 Å². The van der Waals surface area contributed by atoms with Crippen molar-refractivity contribution in [3.8, 4) is 11.9 Å². The lowest BCUT2D eigenvalue weighted by atomic mass is 10.00. The highest BCUT2D eigenvalue weighted by Crippen LogP contribution is 2.19. The van der Waals surface area contributed by atoms with Crippen LogP contribution in [0.3, 0.4) is 0 Å². The van der Waals surface area contributed by atoms with Crippen molar-refractivity contribution in [2.24, 2.45) is 0 Å². The summed E-state index contributed by atoms with van der Waals surface area (Å²) in [5.74, 6) is -0.0560. The summed E-state index contributed by atoms with van der Waals surface area (Å²) in [6.45, 7) is 3.35. The second-order valence-corrected chi connectivity index (χ2v) is 4.26. The fourth-order valence-electron chi connectivity index (χ4n) is 1.52. The largest absolute Gasteiger partial charge is 0.481 e. The predicted octanol–water partition coefficient (Wildman–Crippen LogP) is 0.983. The number of rotatable bonds is 6. The summed E-state index contributed by atoms with van der Waals surface area (Å²) in [4.78, 5) is 19.8. The van der Waals surface area contributed by atoms with Crippen LogP contribution in [0.25, 0.3) is 0 Å². The Kier molecular flexibility index (Phi) is 5.05. The SMILES string of the molecule is CCCC(C)(O)C(=O)Nc1cc(OC)nc(OC)n1. The van der Waals surface area contributed by atoms with Gasteiger partial charge in [0.15, 0.2) is 0 Å². The molecule has 0 bridgehead atoms. The van der Waals surface area contributed by atoms with Crippen LogP contribution in [-0.2, 0) is 4.79 Å². The number of aromatic nitrogens is 2. The molecule has 1 aromatic heterocycles. The normalized spacial score (nSPS) is 13.5. The molecule has 1 heterocycles.